The van der Waals surface area contributed by atoms with E-state index in [9.17, 15) is 19.2 Å². The van der Waals surface area contributed by atoms with Crippen LogP contribution in [0.4, 0.5) is 11.4 Å². The number of imide groups is 1. The molecule has 3 amide bonds. The molecule has 0 bridgehead atoms. The van der Waals surface area contributed by atoms with E-state index in [0.29, 0.717) is 34.8 Å². The number of rotatable bonds is 5. The van der Waals surface area contributed by atoms with Gasteiger partial charge in [-0.25, -0.2) is 4.79 Å². The summed E-state index contributed by atoms with van der Waals surface area (Å²) in [5.74, 6) is -2.26. The van der Waals surface area contributed by atoms with Crippen molar-refractivity contribution in [1.29, 1.82) is 0 Å². The Morgan fingerprint density at radius 2 is 1.66 bits per heavy atom. The first-order valence-corrected chi connectivity index (χ1v) is 10.6. The number of nitrogens with one attached hydrogen (secondary N) is 1. The molecule has 8 heteroatoms. The molecule has 0 radical (unpaired) electrons. The van der Waals surface area contributed by atoms with Crippen LogP contribution in [0, 0.1) is 18.8 Å². The zero-order valence-electron chi connectivity index (χ0n) is 17.3. The molecule has 1 N–H and O–H groups in total. The lowest BCUT2D eigenvalue weighted by atomic mass is 9.85. The highest BCUT2D eigenvalue weighted by Gasteiger charge is 2.47. The fraction of sp³-hybridized carbons (Fsp3) is 0.250. The van der Waals surface area contributed by atoms with Crippen LogP contribution in [0.1, 0.15) is 28.8 Å². The van der Waals surface area contributed by atoms with Crippen LogP contribution < -0.4 is 10.2 Å². The number of halogens is 1. The van der Waals surface area contributed by atoms with Gasteiger partial charge in [0.2, 0.25) is 11.8 Å². The summed E-state index contributed by atoms with van der Waals surface area (Å²) >= 11 is 6.03. The molecule has 1 heterocycles. The van der Waals surface area contributed by atoms with Crippen LogP contribution in [0.25, 0.3) is 0 Å². The van der Waals surface area contributed by atoms with Gasteiger partial charge in [0, 0.05) is 10.7 Å². The van der Waals surface area contributed by atoms with E-state index < -0.39 is 18.5 Å². The predicted molar refractivity (Wildman–Crippen MR) is 119 cm³/mol. The summed E-state index contributed by atoms with van der Waals surface area (Å²) in [6, 6.07) is 11.1. The first kappa shape index (κ1) is 21.8. The fourth-order valence-electron chi connectivity index (χ4n) is 3.94. The third-order valence-corrected chi connectivity index (χ3v) is 6.15. The summed E-state index contributed by atoms with van der Waals surface area (Å²) in [5, 5.41) is 3.17. The molecule has 2 aliphatic rings. The van der Waals surface area contributed by atoms with E-state index in [2.05, 4.69) is 5.32 Å². The monoisotopic (exact) mass is 452 g/mol. The SMILES string of the molecule is Cc1c(Cl)cccc1NC(=O)COC(=O)c1ccc(N2C(=O)[C@@H]3CC=CC[C@H]3C2=O)cc1. The van der Waals surface area contributed by atoms with E-state index in [-0.39, 0.29) is 29.2 Å². The lowest BCUT2D eigenvalue weighted by Gasteiger charge is -2.15. The summed E-state index contributed by atoms with van der Waals surface area (Å²) in [7, 11) is 0. The van der Waals surface area contributed by atoms with Crippen LogP contribution in [0.2, 0.25) is 5.02 Å². The molecule has 4 rings (SSSR count). The molecule has 1 fully saturated rings. The van der Waals surface area contributed by atoms with Gasteiger partial charge in [-0.3, -0.25) is 19.3 Å². The number of fused-ring (bicyclic) bond motifs is 1. The number of hydrogen-bond donors (Lipinski definition) is 1. The number of anilines is 2. The quantitative estimate of drug-likeness (QED) is 0.422. The predicted octanol–water partition coefficient (Wildman–Crippen LogP) is 3.90. The molecule has 1 saturated heterocycles. The zero-order valence-corrected chi connectivity index (χ0v) is 18.1. The Bertz CT molecular complexity index is 1100. The van der Waals surface area contributed by atoms with Gasteiger partial charge in [-0.1, -0.05) is 29.8 Å². The van der Waals surface area contributed by atoms with Crippen LogP contribution in [0.5, 0.6) is 0 Å². The number of carbonyl (C=O) groups excluding carboxylic acids is 4. The number of hydrogen-bond acceptors (Lipinski definition) is 5. The molecule has 7 nitrogen and oxygen atoms in total. The van der Waals surface area contributed by atoms with Crippen molar-refractivity contribution in [2.75, 3.05) is 16.8 Å². The number of nitrogens with zero attached hydrogens (tertiary/aromatic N) is 1. The highest BCUT2D eigenvalue weighted by molar-refractivity contribution is 6.31. The minimum absolute atomic E-state index is 0.207. The van der Waals surface area contributed by atoms with Gasteiger partial charge < -0.3 is 10.1 Å². The minimum atomic E-state index is -0.688. The molecule has 0 spiro atoms. The van der Waals surface area contributed by atoms with Crippen LogP contribution in [-0.4, -0.2) is 30.3 Å². The number of carbonyl (C=O) groups is 4. The van der Waals surface area contributed by atoms with E-state index in [1.165, 1.54) is 29.2 Å². The standard InChI is InChI=1S/C24H21ClN2O5/c1-14-19(25)7-4-8-20(14)26-21(28)13-32-24(31)15-9-11-16(12-10-15)27-22(29)17-5-2-3-6-18(17)23(27)30/h2-4,7-12,17-18H,5-6,13H2,1H3,(H,26,28)/t17-,18-/m1/s1. The molecule has 164 valence electrons. The molecular weight excluding hydrogens is 432 g/mol. The van der Waals surface area contributed by atoms with E-state index in [0.717, 1.165) is 0 Å². The Kier molecular flexibility index (Phi) is 6.10. The summed E-state index contributed by atoms with van der Waals surface area (Å²) < 4.78 is 5.08. The second-order valence-electron chi connectivity index (χ2n) is 7.75. The van der Waals surface area contributed by atoms with Gasteiger partial charge >= 0.3 is 5.97 Å². The van der Waals surface area contributed by atoms with Crippen molar-refractivity contribution in [2.24, 2.45) is 11.8 Å². The summed E-state index contributed by atoms with van der Waals surface area (Å²) in [4.78, 5) is 51.0. The maximum absolute atomic E-state index is 12.7. The second kappa shape index (κ2) is 8.96. The highest BCUT2D eigenvalue weighted by Crippen LogP contribution is 2.37. The Balaban J connectivity index is 1.36. The third-order valence-electron chi connectivity index (χ3n) is 5.74. The highest BCUT2D eigenvalue weighted by atomic mass is 35.5. The van der Waals surface area contributed by atoms with Crippen molar-refractivity contribution in [2.45, 2.75) is 19.8 Å². The average Bonchev–Trinajstić information content (AvgIpc) is 3.06. The minimum Gasteiger partial charge on any atom is -0.452 e. The van der Waals surface area contributed by atoms with Gasteiger partial charge in [-0.05, 0) is 61.7 Å². The summed E-state index contributed by atoms with van der Waals surface area (Å²) in [6.07, 6.45) is 4.98. The fourth-order valence-corrected chi connectivity index (χ4v) is 4.12. The largest absolute Gasteiger partial charge is 0.452 e. The molecule has 2 aromatic rings. The topological polar surface area (TPSA) is 92.8 Å². The molecule has 0 aromatic heterocycles. The normalized spacial score (nSPS) is 19.6. The van der Waals surface area contributed by atoms with Crippen LogP contribution >= 0.6 is 11.6 Å². The van der Waals surface area contributed by atoms with E-state index in [1.54, 1.807) is 25.1 Å². The van der Waals surface area contributed by atoms with Crippen molar-refractivity contribution in [3.8, 4) is 0 Å². The molecule has 1 aliphatic carbocycles. The maximum Gasteiger partial charge on any atom is 0.338 e. The van der Waals surface area contributed by atoms with Crippen molar-refractivity contribution in [3.05, 3.63) is 70.8 Å². The Hall–Kier alpha value is -3.45. The molecule has 0 saturated carbocycles. The molecular formula is C24H21ClN2O5. The maximum atomic E-state index is 12.7. The van der Waals surface area contributed by atoms with Crippen molar-refractivity contribution in [1.82, 2.24) is 0 Å². The average molecular weight is 453 g/mol. The molecule has 2 atom stereocenters. The molecule has 0 unspecified atom stereocenters. The van der Waals surface area contributed by atoms with E-state index >= 15 is 0 Å². The number of benzene rings is 2. The number of esters is 1. The lowest BCUT2D eigenvalue weighted by molar-refractivity contribution is -0.122. The summed E-state index contributed by atoms with van der Waals surface area (Å²) in [6.45, 7) is 1.30. The zero-order chi connectivity index (χ0) is 22.8. The number of amides is 3. The Labute approximate surface area is 190 Å². The molecule has 1 aliphatic heterocycles. The van der Waals surface area contributed by atoms with Crippen molar-refractivity contribution < 1.29 is 23.9 Å². The van der Waals surface area contributed by atoms with E-state index in [1.807, 2.05) is 12.2 Å². The van der Waals surface area contributed by atoms with Crippen LogP contribution in [-0.2, 0) is 19.1 Å². The Morgan fingerprint density at radius 1 is 1.03 bits per heavy atom. The van der Waals surface area contributed by atoms with Gasteiger partial charge in [0.1, 0.15) is 0 Å². The van der Waals surface area contributed by atoms with Crippen molar-refractivity contribution >= 4 is 46.7 Å². The van der Waals surface area contributed by atoms with Gasteiger partial charge in [0.25, 0.3) is 5.91 Å². The Morgan fingerprint density at radius 3 is 2.28 bits per heavy atom. The first-order chi connectivity index (χ1) is 15.4. The van der Waals surface area contributed by atoms with Gasteiger partial charge in [-0.15, -0.1) is 0 Å². The second-order valence-corrected chi connectivity index (χ2v) is 8.16. The van der Waals surface area contributed by atoms with Crippen LogP contribution in [0.3, 0.4) is 0 Å². The lowest BCUT2D eigenvalue weighted by Crippen LogP contribution is -2.30. The van der Waals surface area contributed by atoms with E-state index in [4.69, 9.17) is 16.3 Å². The number of allylic oxidation sites excluding steroid dienone is 2. The smallest absolute Gasteiger partial charge is 0.338 e. The first-order valence-electron chi connectivity index (χ1n) is 10.2. The summed E-state index contributed by atoms with van der Waals surface area (Å²) in [5.41, 5.74) is 1.88. The molecule has 2 aromatic carbocycles. The third kappa shape index (κ3) is 4.16. The van der Waals surface area contributed by atoms with Gasteiger partial charge in [-0.2, -0.15) is 0 Å². The van der Waals surface area contributed by atoms with Gasteiger partial charge in [0.05, 0.1) is 23.1 Å². The number of ether oxygens (including phenoxy) is 1. The molecule has 32 heavy (non-hydrogen) atoms. The van der Waals surface area contributed by atoms with Crippen LogP contribution in [0.15, 0.2) is 54.6 Å². The van der Waals surface area contributed by atoms with Gasteiger partial charge in [0.15, 0.2) is 6.61 Å². The van der Waals surface area contributed by atoms with Crippen molar-refractivity contribution in [3.63, 3.8) is 0 Å².